The largest absolute Gasteiger partial charge is 0.382 e. The Balaban J connectivity index is 4.87. The Morgan fingerprint density at radius 1 is 0.372 bits per heavy atom. The van der Waals surface area contributed by atoms with Gasteiger partial charge in [0.25, 0.3) is 0 Å². The molecule has 0 aromatic carbocycles. The van der Waals surface area contributed by atoms with E-state index in [1.807, 2.05) is 12.2 Å². The van der Waals surface area contributed by atoms with Gasteiger partial charge in [0.05, 0.1) is 132 Å². The van der Waals surface area contributed by atoms with E-state index in [4.69, 9.17) is 52.1 Å². The molecule has 0 bridgehead atoms. The van der Waals surface area contributed by atoms with Crippen molar-refractivity contribution in [3.8, 4) is 0 Å². The van der Waals surface area contributed by atoms with Gasteiger partial charge >= 0.3 is 0 Å². The molecule has 0 saturated heterocycles. The SMILES string of the molecule is C=CCCOCCOCC(C)(COCCOCCC=C)COCC(C)(COCCOCCOC)COCCOCCOC. The van der Waals surface area contributed by atoms with E-state index in [1.165, 1.54) is 0 Å². The van der Waals surface area contributed by atoms with Gasteiger partial charge in [-0.05, 0) is 12.8 Å². The summed E-state index contributed by atoms with van der Waals surface area (Å²) in [6.45, 7) is 21.8. The van der Waals surface area contributed by atoms with Gasteiger partial charge in [-0.25, -0.2) is 0 Å². The summed E-state index contributed by atoms with van der Waals surface area (Å²) in [7, 11) is 3.30. The third-order valence-corrected chi connectivity index (χ3v) is 5.99. The fraction of sp³-hybridized carbons (Fsp3) is 0.875. The van der Waals surface area contributed by atoms with Crippen LogP contribution in [0.1, 0.15) is 26.7 Å². The lowest BCUT2D eigenvalue weighted by atomic mass is 9.92. The minimum absolute atomic E-state index is 0.366. The first-order valence-corrected chi connectivity index (χ1v) is 15.3. The maximum atomic E-state index is 6.30. The summed E-state index contributed by atoms with van der Waals surface area (Å²) >= 11 is 0. The van der Waals surface area contributed by atoms with Crippen LogP contribution in [0.2, 0.25) is 0 Å². The van der Waals surface area contributed by atoms with Crippen molar-refractivity contribution in [1.82, 2.24) is 0 Å². The van der Waals surface area contributed by atoms with Gasteiger partial charge in [-0.1, -0.05) is 26.0 Å². The van der Waals surface area contributed by atoms with Crippen molar-refractivity contribution in [3.05, 3.63) is 25.3 Å². The number of methoxy groups -OCH3 is 2. The van der Waals surface area contributed by atoms with Crippen LogP contribution in [-0.4, -0.2) is 146 Å². The van der Waals surface area contributed by atoms with Gasteiger partial charge in [-0.3, -0.25) is 0 Å². The molecule has 11 heteroatoms. The van der Waals surface area contributed by atoms with Crippen LogP contribution >= 0.6 is 0 Å². The Hall–Kier alpha value is -0.960. The Kier molecular flexibility index (Phi) is 30.3. The van der Waals surface area contributed by atoms with E-state index in [0.717, 1.165) is 12.8 Å². The second-order valence-corrected chi connectivity index (χ2v) is 10.9. The molecule has 0 unspecified atom stereocenters. The normalized spacial score (nSPS) is 12.2. The molecular weight excluding hydrogens is 560 g/mol. The van der Waals surface area contributed by atoms with Gasteiger partial charge in [-0.15, -0.1) is 13.2 Å². The molecule has 0 fully saturated rings. The average Bonchev–Trinajstić information content (AvgIpc) is 2.99. The summed E-state index contributed by atoms with van der Waals surface area (Å²) in [5, 5.41) is 0. The predicted molar refractivity (Wildman–Crippen MR) is 167 cm³/mol. The number of rotatable bonds is 36. The molecule has 0 amide bonds. The minimum Gasteiger partial charge on any atom is -0.382 e. The predicted octanol–water partition coefficient (Wildman–Crippen LogP) is 3.59. The van der Waals surface area contributed by atoms with Crippen LogP contribution in [0.25, 0.3) is 0 Å². The molecule has 11 nitrogen and oxygen atoms in total. The fourth-order valence-electron chi connectivity index (χ4n) is 3.57. The molecule has 256 valence electrons. The summed E-state index contributed by atoms with van der Waals surface area (Å²) in [5.41, 5.74) is -0.741. The van der Waals surface area contributed by atoms with Crippen molar-refractivity contribution in [2.75, 3.05) is 146 Å². The van der Waals surface area contributed by atoms with Crippen molar-refractivity contribution in [1.29, 1.82) is 0 Å². The third kappa shape index (κ3) is 28.3. The topological polar surface area (TPSA) is 102 Å². The quantitative estimate of drug-likeness (QED) is 0.0757. The molecule has 43 heavy (non-hydrogen) atoms. The Labute approximate surface area is 261 Å². The van der Waals surface area contributed by atoms with Crippen molar-refractivity contribution < 1.29 is 52.1 Å². The second kappa shape index (κ2) is 31.0. The van der Waals surface area contributed by atoms with Gasteiger partial charge in [0, 0.05) is 25.0 Å². The van der Waals surface area contributed by atoms with Crippen LogP contribution in [0.4, 0.5) is 0 Å². The zero-order chi connectivity index (χ0) is 31.7. The van der Waals surface area contributed by atoms with Crippen molar-refractivity contribution in [3.63, 3.8) is 0 Å². The summed E-state index contributed by atoms with van der Waals surface area (Å²) in [6.07, 6.45) is 5.32. The van der Waals surface area contributed by atoms with Gasteiger partial charge < -0.3 is 52.1 Å². The molecule has 0 aliphatic carbocycles. The van der Waals surface area contributed by atoms with E-state index in [1.54, 1.807) is 14.2 Å². The average molecular weight is 623 g/mol. The molecular formula is C32H62O11. The summed E-state index contributed by atoms with van der Waals surface area (Å²) in [4.78, 5) is 0. The molecule has 0 aliphatic heterocycles. The van der Waals surface area contributed by atoms with Crippen molar-refractivity contribution >= 4 is 0 Å². The number of ether oxygens (including phenoxy) is 11. The summed E-state index contributed by atoms with van der Waals surface area (Å²) < 4.78 is 62.3. The maximum absolute atomic E-state index is 6.30. The van der Waals surface area contributed by atoms with E-state index in [9.17, 15) is 0 Å². The first kappa shape index (κ1) is 42.0. The minimum atomic E-state index is -0.375. The van der Waals surface area contributed by atoms with Crippen molar-refractivity contribution in [2.45, 2.75) is 26.7 Å². The van der Waals surface area contributed by atoms with E-state index >= 15 is 0 Å². The van der Waals surface area contributed by atoms with Crippen LogP contribution in [0.5, 0.6) is 0 Å². The molecule has 0 heterocycles. The molecule has 0 saturated carbocycles. The van der Waals surface area contributed by atoms with Gasteiger partial charge in [-0.2, -0.15) is 0 Å². The molecule has 0 aliphatic rings. The Morgan fingerprint density at radius 2 is 0.628 bits per heavy atom. The van der Waals surface area contributed by atoms with Gasteiger partial charge in [0.1, 0.15) is 0 Å². The van der Waals surface area contributed by atoms with E-state index in [0.29, 0.717) is 132 Å². The van der Waals surface area contributed by atoms with E-state index < -0.39 is 0 Å². The highest BCUT2D eigenvalue weighted by atomic mass is 16.6. The molecule has 0 atom stereocenters. The van der Waals surface area contributed by atoms with Crippen LogP contribution in [-0.2, 0) is 52.1 Å². The third-order valence-electron chi connectivity index (χ3n) is 5.99. The van der Waals surface area contributed by atoms with Crippen LogP contribution in [0.15, 0.2) is 25.3 Å². The zero-order valence-electron chi connectivity index (χ0n) is 27.6. The molecule has 0 aromatic rings. The highest BCUT2D eigenvalue weighted by Crippen LogP contribution is 2.23. The van der Waals surface area contributed by atoms with Gasteiger partial charge in [0.2, 0.25) is 0 Å². The second-order valence-electron chi connectivity index (χ2n) is 10.9. The maximum Gasteiger partial charge on any atom is 0.0701 e. The summed E-state index contributed by atoms with van der Waals surface area (Å²) in [6, 6.07) is 0. The highest BCUT2D eigenvalue weighted by molar-refractivity contribution is 4.77. The van der Waals surface area contributed by atoms with Crippen LogP contribution in [0.3, 0.4) is 0 Å². The Bertz CT molecular complexity index is 566. The van der Waals surface area contributed by atoms with Crippen LogP contribution < -0.4 is 0 Å². The van der Waals surface area contributed by atoms with Gasteiger partial charge in [0.15, 0.2) is 0 Å². The Morgan fingerprint density at radius 3 is 0.930 bits per heavy atom. The molecule has 0 radical (unpaired) electrons. The monoisotopic (exact) mass is 622 g/mol. The highest BCUT2D eigenvalue weighted by Gasteiger charge is 2.30. The first-order chi connectivity index (χ1) is 20.9. The first-order valence-electron chi connectivity index (χ1n) is 15.3. The lowest BCUT2D eigenvalue weighted by molar-refractivity contribution is -0.108. The smallest absolute Gasteiger partial charge is 0.0701 e. The van der Waals surface area contributed by atoms with E-state index in [2.05, 4.69) is 27.0 Å². The zero-order valence-corrected chi connectivity index (χ0v) is 27.6. The van der Waals surface area contributed by atoms with Crippen molar-refractivity contribution in [2.24, 2.45) is 10.8 Å². The molecule has 0 aromatic heterocycles. The standard InChI is InChI=1S/C32H62O11/c1-7-9-11-35-17-21-39-25-31(3,26-40-22-18-36-12-10-8-2)29-43-30-32(4,27-41-23-19-37-15-13-33-5)28-42-24-20-38-16-14-34-6/h7-8H,1-2,9-30H2,3-6H3. The number of hydrogen-bond acceptors (Lipinski definition) is 11. The lowest BCUT2D eigenvalue weighted by Crippen LogP contribution is -2.39. The molecule has 0 N–H and O–H groups in total. The number of hydrogen-bond donors (Lipinski definition) is 0. The molecule has 0 spiro atoms. The fourth-order valence-corrected chi connectivity index (χ4v) is 3.57. The summed E-state index contributed by atoms with van der Waals surface area (Å²) in [5.74, 6) is 0. The van der Waals surface area contributed by atoms with E-state index in [-0.39, 0.29) is 10.8 Å². The molecule has 0 rings (SSSR count). The lowest BCUT2D eigenvalue weighted by Gasteiger charge is -2.33. The van der Waals surface area contributed by atoms with Crippen LogP contribution in [0, 0.1) is 10.8 Å².